The molecule has 4 rings (SSSR count). The SMILES string of the molecule is COc1cccc(CC(=O)Nc2ccc(-c3nc4ccccc4[nH]3)cc2)c1. The molecule has 0 bridgehead atoms. The number of methoxy groups -OCH3 is 1. The van der Waals surface area contributed by atoms with Crippen LogP contribution < -0.4 is 10.1 Å². The number of anilines is 1. The van der Waals surface area contributed by atoms with Gasteiger partial charge in [-0.25, -0.2) is 4.98 Å². The van der Waals surface area contributed by atoms with Gasteiger partial charge in [0, 0.05) is 11.3 Å². The first-order chi connectivity index (χ1) is 13.2. The Bertz CT molecular complexity index is 1050. The molecule has 0 saturated carbocycles. The van der Waals surface area contributed by atoms with Gasteiger partial charge in [0.2, 0.25) is 5.91 Å². The van der Waals surface area contributed by atoms with Crippen LogP contribution in [-0.4, -0.2) is 23.0 Å². The van der Waals surface area contributed by atoms with Gasteiger partial charge in [-0.3, -0.25) is 4.79 Å². The number of fused-ring (bicyclic) bond motifs is 1. The highest BCUT2D eigenvalue weighted by atomic mass is 16.5. The molecule has 1 amide bonds. The minimum atomic E-state index is -0.0697. The van der Waals surface area contributed by atoms with Crippen molar-refractivity contribution in [3.8, 4) is 17.1 Å². The summed E-state index contributed by atoms with van der Waals surface area (Å²) >= 11 is 0. The number of ether oxygens (including phenoxy) is 1. The largest absolute Gasteiger partial charge is 0.497 e. The second-order valence-electron chi connectivity index (χ2n) is 6.26. The molecule has 1 heterocycles. The summed E-state index contributed by atoms with van der Waals surface area (Å²) in [5.74, 6) is 1.49. The molecule has 2 N–H and O–H groups in total. The Morgan fingerprint density at radius 3 is 2.63 bits per heavy atom. The number of aromatic nitrogens is 2. The molecule has 0 unspecified atom stereocenters. The molecule has 0 radical (unpaired) electrons. The number of rotatable bonds is 5. The highest BCUT2D eigenvalue weighted by molar-refractivity contribution is 5.92. The number of carbonyl (C=O) groups excluding carboxylic acids is 1. The minimum absolute atomic E-state index is 0.0697. The Morgan fingerprint density at radius 1 is 1.04 bits per heavy atom. The van der Waals surface area contributed by atoms with E-state index in [4.69, 9.17) is 4.74 Å². The van der Waals surface area contributed by atoms with E-state index in [-0.39, 0.29) is 5.91 Å². The van der Waals surface area contributed by atoms with Crippen molar-refractivity contribution < 1.29 is 9.53 Å². The van der Waals surface area contributed by atoms with Gasteiger partial charge in [0.05, 0.1) is 24.6 Å². The maximum Gasteiger partial charge on any atom is 0.228 e. The number of H-pyrrole nitrogens is 1. The van der Waals surface area contributed by atoms with Gasteiger partial charge >= 0.3 is 0 Å². The summed E-state index contributed by atoms with van der Waals surface area (Å²) in [6, 6.07) is 23.1. The summed E-state index contributed by atoms with van der Waals surface area (Å²) in [7, 11) is 1.61. The topological polar surface area (TPSA) is 67.0 Å². The van der Waals surface area contributed by atoms with Gasteiger partial charge in [-0.15, -0.1) is 0 Å². The summed E-state index contributed by atoms with van der Waals surface area (Å²) in [4.78, 5) is 20.2. The van der Waals surface area contributed by atoms with Crippen LogP contribution in [0.15, 0.2) is 72.8 Å². The lowest BCUT2D eigenvalue weighted by molar-refractivity contribution is -0.115. The van der Waals surface area contributed by atoms with Crippen molar-refractivity contribution in [3.63, 3.8) is 0 Å². The van der Waals surface area contributed by atoms with Crippen LogP contribution in [0.2, 0.25) is 0 Å². The average Bonchev–Trinajstić information content (AvgIpc) is 3.13. The molecule has 0 aliphatic carbocycles. The maximum atomic E-state index is 12.3. The fraction of sp³-hybridized carbons (Fsp3) is 0.0909. The summed E-state index contributed by atoms with van der Waals surface area (Å²) < 4.78 is 5.19. The van der Waals surface area contributed by atoms with E-state index in [1.54, 1.807) is 7.11 Å². The first-order valence-electron chi connectivity index (χ1n) is 8.69. The first kappa shape index (κ1) is 16.8. The van der Waals surface area contributed by atoms with Crippen molar-refractivity contribution in [1.29, 1.82) is 0 Å². The van der Waals surface area contributed by atoms with Crippen molar-refractivity contribution in [2.45, 2.75) is 6.42 Å². The third-order valence-electron chi connectivity index (χ3n) is 4.33. The highest BCUT2D eigenvalue weighted by Gasteiger charge is 2.07. The van der Waals surface area contributed by atoms with Gasteiger partial charge in [-0.2, -0.15) is 0 Å². The molecule has 1 aromatic heterocycles. The van der Waals surface area contributed by atoms with E-state index in [2.05, 4.69) is 15.3 Å². The number of imidazole rings is 1. The third kappa shape index (κ3) is 3.82. The smallest absolute Gasteiger partial charge is 0.228 e. The second-order valence-corrected chi connectivity index (χ2v) is 6.26. The standard InChI is InChI=1S/C22H19N3O2/c1-27-18-6-4-5-15(13-18)14-21(26)23-17-11-9-16(10-12-17)22-24-19-7-2-3-8-20(19)25-22/h2-13H,14H2,1H3,(H,23,26)(H,24,25). The quantitative estimate of drug-likeness (QED) is 0.556. The second kappa shape index (κ2) is 7.33. The zero-order valence-corrected chi connectivity index (χ0v) is 14.9. The Hall–Kier alpha value is -3.60. The van der Waals surface area contributed by atoms with Gasteiger partial charge in [0.1, 0.15) is 11.6 Å². The van der Waals surface area contributed by atoms with Crippen LogP contribution in [0, 0.1) is 0 Å². The fourth-order valence-corrected chi connectivity index (χ4v) is 2.97. The van der Waals surface area contributed by atoms with E-state index in [9.17, 15) is 4.79 Å². The van der Waals surface area contributed by atoms with E-state index in [0.717, 1.165) is 39.4 Å². The molecule has 3 aromatic carbocycles. The molecule has 27 heavy (non-hydrogen) atoms. The minimum Gasteiger partial charge on any atom is -0.497 e. The number of amides is 1. The predicted octanol–water partition coefficient (Wildman–Crippen LogP) is 4.42. The molecule has 0 fully saturated rings. The van der Waals surface area contributed by atoms with Crippen LogP contribution >= 0.6 is 0 Å². The molecular weight excluding hydrogens is 338 g/mol. The van der Waals surface area contributed by atoms with Gasteiger partial charge in [-0.05, 0) is 54.1 Å². The number of nitrogens with zero attached hydrogens (tertiary/aromatic N) is 1. The monoisotopic (exact) mass is 357 g/mol. The molecule has 0 aliphatic rings. The van der Waals surface area contributed by atoms with Crippen molar-refractivity contribution in [2.75, 3.05) is 12.4 Å². The van der Waals surface area contributed by atoms with Crippen molar-refractivity contribution in [3.05, 3.63) is 78.4 Å². The van der Waals surface area contributed by atoms with Gasteiger partial charge < -0.3 is 15.0 Å². The lowest BCUT2D eigenvalue weighted by atomic mass is 10.1. The molecule has 5 nitrogen and oxygen atoms in total. The summed E-state index contributed by atoms with van der Waals surface area (Å²) in [5, 5.41) is 2.92. The molecule has 134 valence electrons. The summed E-state index contributed by atoms with van der Waals surface area (Å²) in [6.45, 7) is 0. The van der Waals surface area contributed by atoms with E-state index in [1.165, 1.54) is 0 Å². The number of hydrogen-bond acceptors (Lipinski definition) is 3. The number of para-hydroxylation sites is 2. The van der Waals surface area contributed by atoms with Crippen LogP contribution in [0.1, 0.15) is 5.56 Å². The number of carbonyl (C=O) groups is 1. The zero-order chi connectivity index (χ0) is 18.6. The number of nitrogens with one attached hydrogen (secondary N) is 2. The average molecular weight is 357 g/mol. The molecule has 0 aliphatic heterocycles. The third-order valence-corrected chi connectivity index (χ3v) is 4.33. The number of benzene rings is 3. The van der Waals surface area contributed by atoms with Crippen LogP contribution in [-0.2, 0) is 11.2 Å². The van der Waals surface area contributed by atoms with Crippen LogP contribution in [0.3, 0.4) is 0 Å². The Morgan fingerprint density at radius 2 is 1.85 bits per heavy atom. The molecule has 4 aromatic rings. The molecular formula is C22H19N3O2. The van der Waals surface area contributed by atoms with E-state index in [1.807, 2.05) is 72.8 Å². The van der Waals surface area contributed by atoms with E-state index < -0.39 is 0 Å². The number of hydrogen-bond donors (Lipinski definition) is 2. The van der Waals surface area contributed by atoms with Crippen LogP contribution in [0.5, 0.6) is 5.75 Å². The maximum absolute atomic E-state index is 12.3. The van der Waals surface area contributed by atoms with E-state index >= 15 is 0 Å². The highest BCUT2D eigenvalue weighted by Crippen LogP contribution is 2.22. The van der Waals surface area contributed by atoms with E-state index in [0.29, 0.717) is 6.42 Å². The van der Waals surface area contributed by atoms with Crippen molar-refractivity contribution in [1.82, 2.24) is 9.97 Å². The van der Waals surface area contributed by atoms with Crippen molar-refractivity contribution in [2.24, 2.45) is 0 Å². The van der Waals surface area contributed by atoms with Crippen LogP contribution in [0.4, 0.5) is 5.69 Å². The molecule has 5 heteroatoms. The fourth-order valence-electron chi connectivity index (χ4n) is 2.97. The number of aromatic amines is 1. The van der Waals surface area contributed by atoms with Gasteiger partial charge in [-0.1, -0.05) is 24.3 Å². The van der Waals surface area contributed by atoms with Gasteiger partial charge in [0.15, 0.2) is 0 Å². The predicted molar refractivity (Wildman–Crippen MR) is 107 cm³/mol. The lowest BCUT2D eigenvalue weighted by Crippen LogP contribution is -2.14. The normalized spacial score (nSPS) is 10.7. The van der Waals surface area contributed by atoms with Crippen LogP contribution in [0.25, 0.3) is 22.4 Å². The van der Waals surface area contributed by atoms with Gasteiger partial charge in [0.25, 0.3) is 0 Å². The van der Waals surface area contributed by atoms with Crippen molar-refractivity contribution >= 4 is 22.6 Å². The molecule has 0 saturated heterocycles. The molecule has 0 spiro atoms. The lowest BCUT2D eigenvalue weighted by Gasteiger charge is -2.07. The first-order valence-corrected chi connectivity index (χ1v) is 8.69. The Balaban J connectivity index is 1.44. The summed E-state index contributed by atoms with van der Waals surface area (Å²) in [5.41, 5.74) is 4.57. The Kier molecular flexibility index (Phi) is 4.58. The summed E-state index contributed by atoms with van der Waals surface area (Å²) in [6.07, 6.45) is 0.294. The molecule has 0 atom stereocenters. The zero-order valence-electron chi connectivity index (χ0n) is 14.9. The Labute approximate surface area is 157 Å².